The SMILES string of the molecule is Cc1sc(C(=O)CN(C)C(=O)OCC2c3ccccc3-c3ccccc32)cc1C1=C(c2csc(C(=O)O)c2)CCC1. The molecular formula is C33H29NO5S2. The van der Waals surface area contributed by atoms with Crippen molar-refractivity contribution in [1.29, 1.82) is 0 Å². The van der Waals surface area contributed by atoms with Crippen LogP contribution in [0.5, 0.6) is 0 Å². The number of nitrogens with zero attached hydrogens (tertiary/aromatic N) is 1. The lowest BCUT2D eigenvalue weighted by atomic mass is 9.98. The highest BCUT2D eigenvalue weighted by atomic mass is 32.1. The average molecular weight is 584 g/mol. The third-order valence-electron chi connectivity index (χ3n) is 7.92. The van der Waals surface area contributed by atoms with E-state index < -0.39 is 12.1 Å². The Morgan fingerprint density at radius 2 is 1.59 bits per heavy atom. The first-order chi connectivity index (χ1) is 19.8. The largest absolute Gasteiger partial charge is 0.477 e. The second-order valence-electron chi connectivity index (χ2n) is 10.5. The van der Waals surface area contributed by atoms with Crippen LogP contribution in [0.25, 0.3) is 22.3 Å². The number of fused-ring (bicyclic) bond motifs is 3. The fourth-order valence-electron chi connectivity index (χ4n) is 5.95. The zero-order chi connectivity index (χ0) is 28.7. The van der Waals surface area contributed by atoms with Gasteiger partial charge in [-0.05, 0) is 88.2 Å². The van der Waals surface area contributed by atoms with E-state index in [9.17, 15) is 19.5 Å². The normalized spacial score (nSPS) is 14.2. The third kappa shape index (κ3) is 5.13. The average Bonchev–Trinajstić information content (AvgIpc) is 3.76. The lowest BCUT2D eigenvalue weighted by Crippen LogP contribution is -2.33. The third-order valence-corrected chi connectivity index (χ3v) is 9.93. The maximum absolute atomic E-state index is 13.2. The van der Waals surface area contributed by atoms with Gasteiger partial charge in [-0.2, -0.15) is 0 Å². The number of Topliss-reactive ketones (excluding diaryl/α,β-unsaturated/α-hetero) is 1. The van der Waals surface area contributed by atoms with E-state index in [0.29, 0.717) is 9.75 Å². The molecule has 0 atom stereocenters. The monoisotopic (exact) mass is 583 g/mol. The van der Waals surface area contributed by atoms with Crippen molar-refractivity contribution in [3.8, 4) is 11.1 Å². The lowest BCUT2D eigenvalue weighted by molar-refractivity contribution is 0.0702. The molecule has 0 unspecified atom stereocenters. The zero-order valence-corrected chi connectivity index (χ0v) is 24.4. The van der Waals surface area contributed by atoms with E-state index >= 15 is 0 Å². The van der Waals surface area contributed by atoms with Crippen molar-refractivity contribution in [2.75, 3.05) is 20.2 Å². The van der Waals surface area contributed by atoms with Gasteiger partial charge < -0.3 is 14.7 Å². The van der Waals surface area contributed by atoms with Crippen molar-refractivity contribution in [1.82, 2.24) is 4.90 Å². The first-order valence-electron chi connectivity index (χ1n) is 13.6. The van der Waals surface area contributed by atoms with E-state index in [1.165, 1.54) is 44.3 Å². The molecule has 6 rings (SSSR count). The van der Waals surface area contributed by atoms with Crippen molar-refractivity contribution in [3.63, 3.8) is 0 Å². The number of ether oxygens (including phenoxy) is 1. The predicted molar refractivity (Wildman–Crippen MR) is 163 cm³/mol. The van der Waals surface area contributed by atoms with Crippen LogP contribution in [0.3, 0.4) is 0 Å². The molecule has 0 radical (unpaired) electrons. The van der Waals surface area contributed by atoms with E-state index in [2.05, 4.69) is 24.3 Å². The topological polar surface area (TPSA) is 83.9 Å². The van der Waals surface area contributed by atoms with Gasteiger partial charge in [-0.15, -0.1) is 22.7 Å². The highest BCUT2D eigenvalue weighted by molar-refractivity contribution is 7.14. The maximum atomic E-state index is 13.2. The molecule has 0 aliphatic heterocycles. The van der Waals surface area contributed by atoms with Crippen LogP contribution in [-0.2, 0) is 4.74 Å². The van der Waals surface area contributed by atoms with Gasteiger partial charge in [0.15, 0.2) is 5.78 Å². The molecule has 2 aliphatic carbocycles. The number of carbonyl (C=O) groups is 3. The summed E-state index contributed by atoms with van der Waals surface area (Å²) in [5, 5.41) is 11.2. The molecule has 1 N–H and O–H groups in total. The molecule has 208 valence electrons. The Morgan fingerprint density at radius 3 is 2.24 bits per heavy atom. The smallest absolute Gasteiger partial charge is 0.409 e. The number of thiophene rings is 2. The van der Waals surface area contributed by atoms with Gasteiger partial charge in [0.1, 0.15) is 11.5 Å². The molecule has 8 heteroatoms. The van der Waals surface area contributed by atoms with Crippen LogP contribution < -0.4 is 0 Å². The van der Waals surface area contributed by atoms with Crippen molar-refractivity contribution in [2.24, 2.45) is 0 Å². The first kappa shape index (κ1) is 27.2. The minimum atomic E-state index is -0.915. The number of ketones is 1. The minimum absolute atomic E-state index is 0.0401. The van der Waals surface area contributed by atoms with Gasteiger partial charge in [0, 0.05) is 17.8 Å². The molecule has 2 aromatic heterocycles. The number of hydrogen-bond donors (Lipinski definition) is 1. The fourth-order valence-corrected chi connectivity index (χ4v) is 7.68. The quantitative estimate of drug-likeness (QED) is 0.213. The van der Waals surface area contributed by atoms with Gasteiger partial charge in [-0.25, -0.2) is 9.59 Å². The van der Waals surface area contributed by atoms with Crippen molar-refractivity contribution < 1.29 is 24.2 Å². The van der Waals surface area contributed by atoms with Gasteiger partial charge in [-0.1, -0.05) is 48.5 Å². The summed E-state index contributed by atoms with van der Waals surface area (Å²) in [6, 6.07) is 20.0. The van der Waals surface area contributed by atoms with Gasteiger partial charge in [-0.3, -0.25) is 4.79 Å². The number of likely N-dealkylation sites (N-methyl/N-ethyl adjacent to an activating group) is 1. The molecule has 1 amide bonds. The molecule has 0 saturated carbocycles. The summed E-state index contributed by atoms with van der Waals surface area (Å²) in [4.78, 5) is 40.9. The molecular weight excluding hydrogens is 554 g/mol. The van der Waals surface area contributed by atoms with E-state index in [1.807, 2.05) is 42.6 Å². The Bertz CT molecular complexity index is 1670. The summed E-state index contributed by atoms with van der Waals surface area (Å²) in [7, 11) is 1.59. The summed E-state index contributed by atoms with van der Waals surface area (Å²) in [5.74, 6) is -1.09. The molecule has 2 aliphatic rings. The number of hydrogen-bond acceptors (Lipinski definition) is 6. The van der Waals surface area contributed by atoms with Gasteiger partial charge >= 0.3 is 12.1 Å². The molecule has 6 nitrogen and oxygen atoms in total. The first-order valence-corrected chi connectivity index (χ1v) is 15.3. The van der Waals surface area contributed by atoms with Gasteiger partial charge in [0.05, 0.1) is 11.4 Å². The maximum Gasteiger partial charge on any atom is 0.409 e. The number of carboxylic acids is 1. The van der Waals surface area contributed by atoms with E-state index in [4.69, 9.17) is 4.74 Å². The Kier molecular flexibility index (Phi) is 7.36. The Morgan fingerprint density at radius 1 is 0.927 bits per heavy atom. The number of rotatable bonds is 8. The molecule has 0 fully saturated rings. The summed E-state index contributed by atoms with van der Waals surface area (Å²) >= 11 is 2.67. The lowest BCUT2D eigenvalue weighted by Gasteiger charge is -2.19. The highest BCUT2D eigenvalue weighted by Gasteiger charge is 2.30. The molecule has 2 heterocycles. The predicted octanol–water partition coefficient (Wildman–Crippen LogP) is 7.97. The van der Waals surface area contributed by atoms with Crippen molar-refractivity contribution in [2.45, 2.75) is 32.1 Å². The van der Waals surface area contributed by atoms with E-state index in [-0.39, 0.29) is 24.9 Å². The molecule has 2 aromatic carbocycles. The van der Waals surface area contributed by atoms with Crippen LogP contribution >= 0.6 is 22.7 Å². The van der Waals surface area contributed by atoms with Crippen LogP contribution in [0.1, 0.15) is 71.7 Å². The molecule has 0 saturated heterocycles. The molecule has 0 bridgehead atoms. The zero-order valence-electron chi connectivity index (χ0n) is 22.8. The fraction of sp³-hybridized carbons (Fsp3) is 0.242. The second-order valence-corrected chi connectivity index (χ2v) is 12.6. The van der Waals surface area contributed by atoms with Crippen molar-refractivity contribution >= 4 is 51.7 Å². The Hall–Kier alpha value is -4.01. The minimum Gasteiger partial charge on any atom is -0.477 e. The van der Waals surface area contributed by atoms with Crippen LogP contribution in [0.2, 0.25) is 0 Å². The number of amides is 1. The van der Waals surface area contributed by atoms with E-state index in [1.54, 1.807) is 13.1 Å². The Balaban J connectivity index is 1.13. The second kappa shape index (κ2) is 11.1. The summed E-state index contributed by atoms with van der Waals surface area (Å²) in [6.45, 7) is 2.14. The number of aromatic carboxylic acids is 1. The number of carbonyl (C=O) groups excluding carboxylic acids is 2. The number of allylic oxidation sites excluding steroid dienone is 2. The standard InChI is InChI=1S/C33H29NO5S2/c1-19-27(22-13-7-12-21(22)20-14-31(32(36)37)40-18-20)15-30(41-19)29(35)16-34(2)33(38)39-17-28-25-10-5-3-8-23(25)24-9-4-6-11-26(24)28/h3-6,8-11,14-15,18,28H,7,12-13,16-17H2,1-2H3,(H,36,37). The summed E-state index contributed by atoms with van der Waals surface area (Å²) in [5.41, 5.74) is 8.94. The van der Waals surface area contributed by atoms with Crippen LogP contribution in [0.15, 0.2) is 66.0 Å². The number of carboxylic acid groups (broad SMARTS) is 1. The molecule has 4 aromatic rings. The molecule has 0 spiro atoms. The van der Waals surface area contributed by atoms with E-state index in [0.717, 1.165) is 52.0 Å². The van der Waals surface area contributed by atoms with Crippen LogP contribution in [-0.4, -0.2) is 48.1 Å². The van der Waals surface area contributed by atoms with Crippen LogP contribution in [0.4, 0.5) is 4.79 Å². The number of benzene rings is 2. The van der Waals surface area contributed by atoms with Crippen LogP contribution in [0, 0.1) is 6.92 Å². The van der Waals surface area contributed by atoms with Crippen molar-refractivity contribution in [3.05, 3.63) is 103 Å². The van der Waals surface area contributed by atoms with Gasteiger partial charge in [0.2, 0.25) is 0 Å². The summed E-state index contributed by atoms with van der Waals surface area (Å²) in [6.07, 6.45) is 2.24. The molecule has 41 heavy (non-hydrogen) atoms. The number of aryl methyl sites for hydroxylation is 1. The Labute approximate surface area is 246 Å². The highest BCUT2D eigenvalue weighted by Crippen LogP contribution is 2.45. The van der Waals surface area contributed by atoms with Gasteiger partial charge in [0.25, 0.3) is 0 Å². The summed E-state index contributed by atoms with van der Waals surface area (Å²) < 4.78 is 5.72.